The lowest BCUT2D eigenvalue weighted by atomic mass is 10.1. The van der Waals surface area contributed by atoms with Crippen molar-refractivity contribution in [3.05, 3.63) is 58.9 Å². The molecule has 0 aliphatic rings. The molecule has 1 atom stereocenters. The van der Waals surface area contributed by atoms with Gasteiger partial charge in [-0.25, -0.2) is 12.8 Å². The summed E-state index contributed by atoms with van der Waals surface area (Å²) in [5.74, 6) is -0.624. The molecule has 1 N–H and O–H groups in total. The molecule has 8 nitrogen and oxygen atoms in total. The zero-order valence-corrected chi connectivity index (χ0v) is 21.8. The number of nitrogens with one attached hydrogen (secondary N) is 1. The van der Waals surface area contributed by atoms with Crippen LogP contribution < -0.4 is 14.4 Å². The molecule has 2 aromatic carbocycles. The van der Waals surface area contributed by atoms with Gasteiger partial charge in [-0.15, -0.1) is 0 Å². The van der Waals surface area contributed by atoms with Crippen molar-refractivity contribution in [2.24, 2.45) is 0 Å². The topological polar surface area (TPSA) is 96.0 Å². The molecule has 0 spiro atoms. The maximum Gasteiger partial charge on any atom is 0.242 e. The SMILES string of the molecule is CCNC(=O)[C@@H](C)N(Cc1ccc(F)cc1)C(=O)CCCN(c1ccc(OC)c(Cl)c1)S(C)(=O)=O. The van der Waals surface area contributed by atoms with Crippen LogP contribution in [-0.2, 0) is 26.2 Å². The lowest BCUT2D eigenvalue weighted by molar-refractivity contribution is -0.140. The molecule has 11 heteroatoms. The second-order valence-corrected chi connectivity index (χ2v) is 10.3. The minimum Gasteiger partial charge on any atom is -0.495 e. The molecular weight excluding hydrogens is 497 g/mol. The number of hydrogen-bond acceptors (Lipinski definition) is 5. The number of ether oxygens (including phenoxy) is 1. The number of amides is 2. The van der Waals surface area contributed by atoms with Crippen LogP contribution in [-0.4, -0.2) is 57.6 Å². The molecule has 2 amide bonds. The van der Waals surface area contributed by atoms with Gasteiger partial charge in [0.1, 0.15) is 17.6 Å². The first-order valence-electron chi connectivity index (χ1n) is 11.1. The van der Waals surface area contributed by atoms with Crippen molar-refractivity contribution in [3.8, 4) is 5.75 Å². The number of halogens is 2. The van der Waals surface area contributed by atoms with Crippen LogP contribution in [0.1, 0.15) is 32.3 Å². The number of carbonyl (C=O) groups excluding carboxylic acids is 2. The molecule has 0 aliphatic heterocycles. The molecule has 0 heterocycles. The number of nitrogens with zero attached hydrogens (tertiary/aromatic N) is 2. The molecule has 0 saturated carbocycles. The summed E-state index contributed by atoms with van der Waals surface area (Å²) in [5.41, 5.74) is 1.02. The summed E-state index contributed by atoms with van der Waals surface area (Å²) in [4.78, 5) is 27.0. The third-order valence-corrected chi connectivity index (χ3v) is 6.85. The van der Waals surface area contributed by atoms with Crippen molar-refractivity contribution >= 4 is 39.1 Å². The van der Waals surface area contributed by atoms with Crippen molar-refractivity contribution < 1.29 is 27.1 Å². The molecule has 192 valence electrons. The van der Waals surface area contributed by atoms with Crippen LogP contribution in [0.2, 0.25) is 5.02 Å². The van der Waals surface area contributed by atoms with Crippen molar-refractivity contribution in [1.29, 1.82) is 0 Å². The second kappa shape index (κ2) is 12.7. The molecule has 35 heavy (non-hydrogen) atoms. The smallest absolute Gasteiger partial charge is 0.242 e. The van der Waals surface area contributed by atoms with Crippen molar-refractivity contribution in [3.63, 3.8) is 0 Å². The van der Waals surface area contributed by atoms with Gasteiger partial charge in [-0.1, -0.05) is 23.7 Å². The van der Waals surface area contributed by atoms with Crippen LogP contribution in [0, 0.1) is 5.82 Å². The van der Waals surface area contributed by atoms with Crippen molar-refractivity contribution in [2.45, 2.75) is 39.3 Å². The van der Waals surface area contributed by atoms with E-state index in [1.54, 1.807) is 38.1 Å². The zero-order chi connectivity index (χ0) is 26.2. The summed E-state index contributed by atoms with van der Waals surface area (Å²) in [6, 6.07) is 9.56. The maximum atomic E-state index is 13.3. The van der Waals surface area contributed by atoms with E-state index in [9.17, 15) is 22.4 Å². The number of likely N-dealkylation sites (N-methyl/N-ethyl adjacent to an activating group) is 1. The van der Waals surface area contributed by atoms with Gasteiger partial charge in [0, 0.05) is 26.1 Å². The summed E-state index contributed by atoms with van der Waals surface area (Å²) in [7, 11) is -2.19. The van der Waals surface area contributed by atoms with Gasteiger partial charge >= 0.3 is 0 Å². The van der Waals surface area contributed by atoms with Gasteiger partial charge in [0.15, 0.2) is 0 Å². The number of methoxy groups -OCH3 is 1. The van der Waals surface area contributed by atoms with Gasteiger partial charge < -0.3 is 15.0 Å². The van der Waals surface area contributed by atoms with Crippen LogP contribution in [0.15, 0.2) is 42.5 Å². The monoisotopic (exact) mass is 527 g/mol. The second-order valence-electron chi connectivity index (χ2n) is 7.98. The molecule has 0 saturated heterocycles. The first kappa shape index (κ1) is 28.4. The Balaban J connectivity index is 2.17. The first-order chi connectivity index (χ1) is 16.5. The highest BCUT2D eigenvalue weighted by molar-refractivity contribution is 7.92. The van der Waals surface area contributed by atoms with Crippen LogP contribution in [0.5, 0.6) is 5.75 Å². The molecule has 0 aliphatic carbocycles. The molecule has 0 fully saturated rings. The van der Waals surface area contributed by atoms with E-state index >= 15 is 0 Å². The minimum atomic E-state index is -3.65. The van der Waals surface area contributed by atoms with E-state index in [0.717, 1.165) is 6.26 Å². The molecule has 2 rings (SSSR count). The zero-order valence-electron chi connectivity index (χ0n) is 20.3. The van der Waals surface area contributed by atoms with E-state index in [1.807, 2.05) is 0 Å². The number of anilines is 1. The number of hydrogen-bond donors (Lipinski definition) is 1. The van der Waals surface area contributed by atoms with Gasteiger partial charge in [0.2, 0.25) is 21.8 Å². The van der Waals surface area contributed by atoms with E-state index in [2.05, 4.69) is 5.32 Å². The highest BCUT2D eigenvalue weighted by Crippen LogP contribution is 2.30. The van der Waals surface area contributed by atoms with Crippen LogP contribution in [0.3, 0.4) is 0 Å². The molecule has 0 radical (unpaired) electrons. The summed E-state index contributed by atoms with van der Waals surface area (Å²) in [6.07, 6.45) is 1.28. The summed E-state index contributed by atoms with van der Waals surface area (Å²) in [6.45, 7) is 3.96. The third-order valence-electron chi connectivity index (χ3n) is 5.36. The maximum absolute atomic E-state index is 13.3. The lowest BCUT2D eigenvalue weighted by Gasteiger charge is -2.29. The fourth-order valence-corrected chi connectivity index (χ4v) is 4.71. The average Bonchev–Trinajstić information content (AvgIpc) is 2.80. The van der Waals surface area contributed by atoms with Gasteiger partial charge in [-0.3, -0.25) is 13.9 Å². The predicted molar refractivity (Wildman–Crippen MR) is 135 cm³/mol. The predicted octanol–water partition coefficient (Wildman–Crippen LogP) is 3.59. The highest BCUT2D eigenvalue weighted by atomic mass is 35.5. The van der Waals surface area contributed by atoms with Gasteiger partial charge in [-0.05, 0) is 56.2 Å². The molecule has 2 aromatic rings. The number of rotatable bonds is 12. The molecular formula is C24H31ClFN3O5S. The Morgan fingerprint density at radius 1 is 1.17 bits per heavy atom. The Morgan fingerprint density at radius 3 is 2.37 bits per heavy atom. The van der Waals surface area contributed by atoms with Gasteiger partial charge in [0.25, 0.3) is 0 Å². The molecule has 0 bridgehead atoms. The normalized spacial score (nSPS) is 12.1. The largest absolute Gasteiger partial charge is 0.495 e. The Labute approximate surface area is 211 Å². The minimum absolute atomic E-state index is 0.000840. The van der Waals surface area contributed by atoms with E-state index in [4.69, 9.17) is 16.3 Å². The summed E-state index contributed by atoms with van der Waals surface area (Å²) >= 11 is 6.16. The fraction of sp³-hybridized carbons (Fsp3) is 0.417. The third kappa shape index (κ3) is 8.10. The Morgan fingerprint density at radius 2 is 1.83 bits per heavy atom. The van der Waals surface area contributed by atoms with Crippen LogP contribution >= 0.6 is 11.6 Å². The Bertz CT molecular complexity index is 1130. The first-order valence-corrected chi connectivity index (χ1v) is 13.3. The average molecular weight is 528 g/mol. The fourth-order valence-electron chi connectivity index (χ4n) is 3.51. The van der Waals surface area contributed by atoms with Gasteiger partial charge in [-0.2, -0.15) is 0 Å². The van der Waals surface area contributed by atoms with E-state index in [-0.39, 0.29) is 42.8 Å². The number of benzene rings is 2. The van der Waals surface area contributed by atoms with E-state index in [0.29, 0.717) is 23.5 Å². The highest BCUT2D eigenvalue weighted by Gasteiger charge is 2.26. The van der Waals surface area contributed by atoms with E-state index < -0.39 is 21.9 Å². The quantitative estimate of drug-likeness (QED) is 0.455. The summed E-state index contributed by atoms with van der Waals surface area (Å²) in [5, 5.41) is 2.96. The lowest BCUT2D eigenvalue weighted by Crippen LogP contribution is -2.47. The van der Waals surface area contributed by atoms with Crippen LogP contribution in [0.25, 0.3) is 0 Å². The molecule has 0 aromatic heterocycles. The Hall–Kier alpha value is -2.85. The van der Waals surface area contributed by atoms with Crippen molar-refractivity contribution in [2.75, 3.05) is 30.8 Å². The van der Waals surface area contributed by atoms with Crippen molar-refractivity contribution in [1.82, 2.24) is 10.2 Å². The molecule has 0 unspecified atom stereocenters. The Kier molecular flexibility index (Phi) is 10.3. The summed E-state index contributed by atoms with van der Waals surface area (Å²) < 4.78 is 44.4. The number of sulfonamides is 1. The van der Waals surface area contributed by atoms with Gasteiger partial charge in [0.05, 0.1) is 24.1 Å². The van der Waals surface area contributed by atoms with E-state index in [1.165, 1.54) is 34.5 Å². The number of carbonyl (C=O) groups is 2. The van der Waals surface area contributed by atoms with Crippen LogP contribution in [0.4, 0.5) is 10.1 Å². The standard InChI is InChI=1S/C24H31ClFN3O5S/c1-5-27-24(31)17(2)28(16-18-8-10-19(26)11-9-18)23(30)7-6-14-29(35(4,32)33)20-12-13-22(34-3)21(25)15-20/h8-13,15,17H,5-7,14,16H2,1-4H3,(H,27,31)/t17-/m1/s1.